The lowest BCUT2D eigenvalue weighted by Gasteiger charge is -2.23. The second-order valence-corrected chi connectivity index (χ2v) is 4.50. The number of nitrogens with zero attached hydrogens (tertiary/aromatic N) is 4. The van der Waals surface area contributed by atoms with E-state index in [0.29, 0.717) is 6.54 Å². The topological polar surface area (TPSA) is 59.5 Å². The van der Waals surface area contributed by atoms with Crippen molar-refractivity contribution in [1.82, 2.24) is 14.6 Å². The Morgan fingerprint density at radius 1 is 1.39 bits per heavy atom. The Hall–Kier alpha value is -1.62. The highest BCUT2D eigenvalue weighted by molar-refractivity contribution is 5.69. The van der Waals surface area contributed by atoms with Gasteiger partial charge >= 0.3 is 0 Å². The summed E-state index contributed by atoms with van der Waals surface area (Å²) in [5.74, 6) is 0.983. The lowest BCUT2D eigenvalue weighted by molar-refractivity contribution is 0.707. The Labute approximate surface area is 108 Å². The van der Waals surface area contributed by atoms with Gasteiger partial charge in [0.1, 0.15) is 5.52 Å². The molecule has 2 aromatic rings. The molecule has 0 aliphatic heterocycles. The highest BCUT2D eigenvalue weighted by atomic mass is 15.3. The molecule has 2 N–H and O–H groups in total. The highest BCUT2D eigenvalue weighted by Gasteiger charge is 2.12. The molecule has 0 aromatic carbocycles. The fraction of sp³-hybridized carbons (Fsp3) is 0.538. The van der Waals surface area contributed by atoms with Gasteiger partial charge in [0.05, 0.1) is 5.69 Å². The molecule has 0 bridgehead atoms. The van der Waals surface area contributed by atoms with Crippen molar-refractivity contribution >= 4 is 11.3 Å². The van der Waals surface area contributed by atoms with Crippen LogP contribution in [-0.2, 0) is 0 Å². The first-order valence-electron chi connectivity index (χ1n) is 6.52. The standard InChI is InChI=1S/C13H21N5/c1-3-4-7-17(8-5-14)13-12-10-11(2)16-18(12)9-6-15-13/h6,9-10H,3-5,7-8,14H2,1-2H3. The number of anilines is 1. The predicted octanol–water partition coefficient (Wildman–Crippen LogP) is 1.60. The molecular weight excluding hydrogens is 226 g/mol. The maximum Gasteiger partial charge on any atom is 0.154 e. The third-order valence-electron chi connectivity index (χ3n) is 2.97. The molecule has 5 heteroatoms. The number of nitrogens with two attached hydrogens (primary N) is 1. The minimum Gasteiger partial charge on any atom is -0.354 e. The van der Waals surface area contributed by atoms with Crippen LogP contribution in [-0.4, -0.2) is 34.2 Å². The largest absolute Gasteiger partial charge is 0.354 e. The zero-order valence-electron chi connectivity index (χ0n) is 11.1. The van der Waals surface area contributed by atoms with Crippen molar-refractivity contribution in [1.29, 1.82) is 0 Å². The molecule has 0 fully saturated rings. The van der Waals surface area contributed by atoms with E-state index in [-0.39, 0.29) is 0 Å². The number of rotatable bonds is 6. The van der Waals surface area contributed by atoms with Crippen molar-refractivity contribution in [2.45, 2.75) is 26.7 Å². The summed E-state index contributed by atoms with van der Waals surface area (Å²) in [5.41, 5.74) is 7.76. The summed E-state index contributed by atoms with van der Waals surface area (Å²) in [7, 11) is 0. The summed E-state index contributed by atoms with van der Waals surface area (Å²) in [6.07, 6.45) is 5.99. The first-order valence-corrected chi connectivity index (χ1v) is 6.52. The van der Waals surface area contributed by atoms with Gasteiger partial charge in [0.2, 0.25) is 0 Å². The van der Waals surface area contributed by atoms with Crippen LogP contribution in [0.15, 0.2) is 18.5 Å². The van der Waals surface area contributed by atoms with Crippen LogP contribution in [0.4, 0.5) is 5.82 Å². The molecule has 2 heterocycles. The van der Waals surface area contributed by atoms with Gasteiger partial charge in [-0.3, -0.25) is 0 Å². The Kier molecular flexibility index (Phi) is 4.15. The van der Waals surface area contributed by atoms with Gasteiger partial charge in [0, 0.05) is 32.0 Å². The van der Waals surface area contributed by atoms with Crippen molar-refractivity contribution in [3.8, 4) is 0 Å². The summed E-state index contributed by atoms with van der Waals surface area (Å²) in [5, 5.41) is 4.42. The molecule has 5 nitrogen and oxygen atoms in total. The number of hydrogen-bond acceptors (Lipinski definition) is 4. The Bertz CT molecular complexity index is 505. The van der Waals surface area contributed by atoms with E-state index in [1.807, 2.05) is 17.6 Å². The van der Waals surface area contributed by atoms with Crippen LogP contribution >= 0.6 is 0 Å². The first-order chi connectivity index (χ1) is 8.76. The Morgan fingerprint density at radius 2 is 2.22 bits per heavy atom. The average molecular weight is 247 g/mol. The van der Waals surface area contributed by atoms with Crippen molar-refractivity contribution in [2.75, 3.05) is 24.5 Å². The monoisotopic (exact) mass is 247 g/mol. The van der Waals surface area contributed by atoms with Crippen molar-refractivity contribution in [3.05, 3.63) is 24.2 Å². The molecule has 0 unspecified atom stereocenters. The van der Waals surface area contributed by atoms with Gasteiger partial charge in [0.25, 0.3) is 0 Å². The van der Waals surface area contributed by atoms with E-state index in [0.717, 1.165) is 36.5 Å². The second kappa shape index (κ2) is 5.82. The summed E-state index contributed by atoms with van der Waals surface area (Å²) < 4.78 is 1.88. The maximum atomic E-state index is 5.70. The van der Waals surface area contributed by atoms with Crippen molar-refractivity contribution in [2.24, 2.45) is 5.73 Å². The molecule has 0 aliphatic rings. The number of aryl methyl sites for hydroxylation is 1. The molecule has 0 spiro atoms. The number of aromatic nitrogens is 3. The normalized spacial score (nSPS) is 11.1. The van der Waals surface area contributed by atoms with Crippen molar-refractivity contribution < 1.29 is 0 Å². The van der Waals surface area contributed by atoms with Crippen LogP contribution in [0, 0.1) is 6.92 Å². The Morgan fingerprint density at radius 3 is 2.94 bits per heavy atom. The maximum absolute atomic E-state index is 5.70. The lowest BCUT2D eigenvalue weighted by atomic mass is 10.3. The van der Waals surface area contributed by atoms with E-state index >= 15 is 0 Å². The van der Waals surface area contributed by atoms with E-state index in [1.165, 1.54) is 6.42 Å². The van der Waals surface area contributed by atoms with Crippen LogP contribution in [0.1, 0.15) is 25.5 Å². The van der Waals surface area contributed by atoms with Gasteiger partial charge in [-0.15, -0.1) is 0 Å². The molecule has 2 rings (SSSR count). The molecule has 0 amide bonds. The molecule has 0 aliphatic carbocycles. The van der Waals surface area contributed by atoms with Gasteiger partial charge in [-0.2, -0.15) is 5.10 Å². The molecular formula is C13H21N5. The quantitative estimate of drug-likeness (QED) is 0.842. The van der Waals surface area contributed by atoms with Gasteiger partial charge in [-0.1, -0.05) is 13.3 Å². The predicted molar refractivity (Wildman–Crippen MR) is 73.9 cm³/mol. The second-order valence-electron chi connectivity index (χ2n) is 4.50. The van der Waals surface area contributed by atoms with Gasteiger partial charge in [-0.25, -0.2) is 9.50 Å². The Balaban J connectivity index is 2.36. The van der Waals surface area contributed by atoms with Crippen LogP contribution < -0.4 is 10.6 Å². The zero-order chi connectivity index (χ0) is 13.0. The SMILES string of the molecule is CCCCN(CCN)c1nccn2nc(C)cc12. The molecule has 0 saturated carbocycles. The minimum absolute atomic E-state index is 0.638. The van der Waals surface area contributed by atoms with Crippen LogP contribution in [0.25, 0.3) is 5.52 Å². The van der Waals surface area contributed by atoms with Gasteiger partial charge in [-0.05, 0) is 19.4 Å². The third-order valence-corrected chi connectivity index (χ3v) is 2.97. The lowest BCUT2D eigenvalue weighted by Crippen LogP contribution is -2.31. The van der Waals surface area contributed by atoms with Gasteiger partial charge in [0.15, 0.2) is 5.82 Å². The average Bonchev–Trinajstić information content (AvgIpc) is 2.74. The van der Waals surface area contributed by atoms with Crippen LogP contribution in [0.5, 0.6) is 0 Å². The summed E-state index contributed by atoms with van der Waals surface area (Å²) >= 11 is 0. The van der Waals surface area contributed by atoms with E-state index in [4.69, 9.17) is 5.73 Å². The first kappa shape index (κ1) is 12.8. The summed E-state index contributed by atoms with van der Waals surface area (Å²) in [4.78, 5) is 6.75. The number of fused-ring (bicyclic) bond motifs is 1. The highest BCUT2D eigenvalue weighted by Crippen LogP contribution is 2.19. The number of hydrogen-bond donors (Lipinski definition) is 1. The minimum atomic E-state index is 0.638. The molecule has 2 aromatic heterocycles. The molecule has 0 radical (unpaired) electrons. The van der Waals surface area contributed by atoms with Crippen molar-refractivity contribution in [3.63, 3.8) is 0 Å². The fourth-order valence-electron chi connectivity index (χ4n) is 2.10. The van der Waals surface area contributed by atoms with E-state index in [9.17, 15) is 0 Å². The van der Waals surface area contributed by atoms with Crippen LogP contribution in [0.2, 0.25) is 0 Å². The molecule has 0 atom stereocenters. The van der Waals surface area contributed by atoms with Crippen LogP contribution in [0.3, 0.4) is 0 Å². The smallest absolute Gasteiger partial charge is 0.154 e. The molecule has 18 heavy (non-hydrogen) atoms. The van der Waals surface area contributed by atoms with E-state index in [2.05, 4.69) is 28.0 Å². The number of unbranched alkanes of at least 4 members (excludes halogenated alkanes) is 1. The molecule has 0 saturated heterocycles. The third kappa shape index (κ3) is 2.61. The van der Waals surface area contributed by atoms with E-state index < -0.39 is 0 Å². The summed E-state index contributed by atoms with van der Waals surface area (Å²) in [6, 6.07) is 2.07. The van der Waals surface area contributed by atoms with E-state index in [1.54, 1.807) is 6.20 Å². The molecule has 98 valence electrons. The fourth-order valence-corrected chi connectivity index (χ4v) is 2.10. The summed E-state index contributed by atoms with van der Waals surface area (Å²) in [6.45, 7) is 6.65. The van der Waals surface area contributed by atoms with Gasteiger partial charge < -0.3 is 10.6 Å². The zero-order valence-corrected chi connectivity index (χ0v) is 11.1.